The van der Waals surface area contributed by atoms with Crippen molar-refractivity contribution in [3.05, 3.63) is 11.6 Å². The number of hydrogen-bond acceptors (Lipinski definition) is 7. The average Bonchev–Trinajstić information content (AvgIpc) is 2.83. The van der Waals surface area contributed by atoms with Gasteiger partial charge in [-0.2, -0.15) is 0 Å². The number of ether oxygens (including phenoxy) is 1. The SMILES string of the molecule is CCN[C@H]1CN(CCOCC)Sc2sc(S(N)(=O)=O)cc21. The largest absolute Gasteiger partial charge is 0.380 e. The van der Waals surface area contributed by atoms with Crippen LogP contribution in [0.15, 0.2) is 14.5 Å². The molecule has 1 aromatic rings. The summed E-state index contributed by atoms with van der Waals surface area (Å²) in [7, 11) is -3.64. The normalized spacial score (nSPS) is 19.7. The molecule has 0 saturated heterocycles. The Morgan fingerprint density at radius 1 is 1.52 bits per heavy atom. The maximum atomic E-state index is 11.5. The van der Waals surface area contributed by atoms with Gasteiger partial charge in [0, 0.05) is 25.7 Å². The molecule has 21 heavy (non-hydrogen) atoms. The Hall–Kier alpha value is -0.160. The molecule has 1 atom stereocenters. The molecule has 0 unspecified atom stereocenters. The van der Waals surface area contributed by atoms with Crippen LogP contribution in [0, 0.1) is 0 Å². The highest BCUT2D eigenvalue weighted by atomic mass is 32.3. The van der Waals surface area contributed by atoms with Crippen molar-refractivity contribution in [1.82, 2.24) is 9.62 Å². The van der Waals surface area contributed by atoms with E-state index in [1.54, 1.807) is 18.0 Å². The molecule has 3 N–H and O–H groups in total. The minimum Gasteiger partial charge on any atom is -0.380 e. The van der Waals surface area contributed by atoms with Crippen LogP contribution in [0.5, 0.6) is 0 Å². The van der Waals surface area contributed by atoms with Crippen LogP contribution in [0.1, 0.15) is 25.5 Å². The lowest BCUT2D eigenvalue weighted by atomic mass is 10.1. The van der Waals surface area contributed by atoms with E-state index in [0.29, 0.717) is 13.2 Å². The molecule has 2 heterocycles. The van der Waals surface area contributed by atoms with E-state index in [2.05, 4.69) is 9.62 Å². The van der Waals surface area contributed by atoms with E-state index in [9.17, 15) is 8.42 Å². The summed E-state index contributed by atoms with van der Waals surface area (Å²) in [5.74, 6) is 0. The van der Waals surface area contributed by atoms with Gasteiger partial charge in [-0.1, -0.05) is 6.92 Å². The molecule has 6 nitrogen and oxygen atoms in total. The van der Waals surface area contributed by atoms with Crippen LogP contribution in [0.4, 0.5) is 0 Å². The lowest BCUT2D eigenvalue weighted by Crippen LogP contribution is -2.36. The van der Waals surface area contributed by atoms with Gasteiger partial charge >= 0.3 is 0 Å². The van der Waals surface area contributed by atoms with Gasteiger partial charge in [0.15, 0.2) is 0 Å². The van der Waals surface area contributed by atoms with Crippen molar-refractivity contribution in [3.8, 4) is 0 Å². The summed E-state index contributed by atoms with van der Waals surface area (Å²) in [6.07, 6.45) is 0. The second-order valence-corrected chi connectivity index (χ2v) is 8.85. The molecule has 0 fully saturated rings. The highest BCUT2D eigenvalue weighted by Gasteiger charge is 2.29. The minimum atomic E-state index is -3.64. The Kier molecular flexibility index (Phi) is 6.06. The predicted octanol–water partition coefficient (Wildman–Crippen LogP) is 1.41. The van der Waals surface area contributed by atoms with E-state index in [1.165, 1.54) is 11.3 Å². The summed E-state index contributed by atoms with van der Waals surface area (Å²) in [5, 5.41) is 8.64. The molecule has 9 heteroatoms. The van der Waals surface area contributed by atoms with Gasteiger partial charge in [-0.05, 0) is 37.0 Å². The zero-order chi connectivity index (χ0) is 15.5. The standard InChI is InChI=1S/C12H21N3O3S3/c1-3-14-10-8-15(5-6-18-4-2)20-12-9(10)7-11(19-12)21(13,16)17/h7,10,14H,3-6,8H2,1-2H3,(H2,13,16,17)/t10-/m0/s1. The van der Waals surface area contributed by atoms with Gasteiger partial charge in [0.25, 0.3) is 0 Å². The molecule has 1 aromatic heterocycles. The first kappa shape index (κ1) is 17.2. The zero-order valence-electron chi connectivity index (χ0n) is 12.2. The van der Waals surface area contributed by atoms with Crippen LogP contribution in [0.2, 0.25) is 0 Å². The molecule has 2 rings (SSSR count). The summed E-state index contributed by atoms with van der Waals surface area (Å²) in [6.45, 7) is 7.84. The number of primary sulfonamides is 1. The van der Waals surface area contributed by atoms with E-state index in [0.717, 1.165) is 29.4 Å². The van der Waals surface area contributed by atoms with Gasteiger partial charge < -0.3 is 10.1 Å². The number of sulfonamides is 1. The van der Waals surface area contributed by atoms with Gasteiger partial charge in [0.1, 0.15) is 4.21 Å². The monoisotopic (exact) mass is 351 g/mol. The number of nitrogens with zero attached hydrogens (tertiary/aromatic N) is 1. The Labute approximate surface area is 134 Å². The lowest BCUT2D eigenvalue weighted by molar-refractivity contribution is 0.134. The number of nitrogens with one attached hydrogen (secondary N) is 1. The molecular formula is C12H21N3O3S3. The fourth-order valence-corrected chi connectivity index (χ4v) is 5.66. The van der Waals surface area contributed by atoms with Gasteiger partial charge in [0.05, 0.1) is 10.8 Å². The predicted molar refractivity (Wildman–Crippen MR) is 86.0 cm³/mol. The fraction of sp³-hybridized carbons (Fsp3) is 0.667. The molecule has 1 aliphatic heterocycles. The van der Waals surface area contributed by atoms with Crippen molar-refractivity contribution in [2.75, 3.05) is 32.8 Å². The molecule has 0 bridgehead atoms. The molecule has 0 aliphatic carbocycles. The van der Waals surface area contributed by atoms with Crippen LogP contribution in [0.25, 0.3) is 0 Å². The van der Waals surface area contributed by atoms with E-state index in [-0.39, 0.29) is 10.3 Å². The van der Waals surface area contributed by atoms with E-state index in [4.69, 9.17) is 9.88 Å². The molecule has 0 amide bonds. The summed E-state index contributed by atoms with van der Waals surface area (Å²) in [6, 6.07) is 1.83. The van der Waals surface area contributed by atoms with E-state index >= 15 is 0 Å². The Morgan fingerprint density at radius 2 is 2.29 bits per heavy atom. The zero-order valence-corrected chi connectivity index (χ0v) is 14.6. The number of rotatable bonds is 7. The minimum absolute atomic E-state index is 0.125. The van der Waals surface area contributed by atoms with Crippen LogP contribution in [-0.4, -0.2) is 45.6 Å². The quantitative estimate of drug-likeness (QED) is 0.571. The second-order valence-electron chi connectivity index (χ2n) is 4.64. The first-order valence-electron chi connectivity index (χ1n) is 6.86. The number of fused-ring (bicyclic) bond motifs is 1. The molecule has 0 spiro atoms. The lowest BCUT2D eigenvalue weighted by Gasteiger charge is -2.31. The van der Waals surface area contributed by atoms with Crippen LogP contribution >= 0.6 is 23.3 Å². The van der Waals surface area contributed by atoms with Gasteiger partial charge in [-0.3, -0.25) is 0 Å². The molecule has 0 saturated carbocycles. The third-order valence-corrected chi connectivity index (χ3v) is 6.93. The first-order chi connectivity index (χ1) is 9.95. The second kappa shape index (κ2) is 7.40. The molecule has 0 aromatic carbocycles. The number of likely N-dealkylation sites (N-methyl/N-ethyl adjacent to an activating group) is 1. The first-order valence-corrected chi connectivity index (χ1v) is 9.99. The summed E-state index contributed by atoms with van der Waals surface area (Å²) in [4.78, 5) is 0. The number of nitrogens with two attached hydrogens (primary N) is 1. The summed E-state index contributed by atoms with van der Waals surface area (Å²) >= 11 is 2.83. The van der Waals surface area contributed by atoms with Gasteiger partial charge in [-0.25, -0.2) is 17.9 Å². The maximum Gasteiger partial charge on any atom is 0.247 e. The van der Waals surface area contributed by atoms with Crippen molar-refractivity contribution in [3.63, 3.8) is 0 Å². The third-order valence-electron chi connectivity index (χ3n) is 3.10. The van der Waals surface area contributed by atoms with Crippen LogP contribution < -0.4 is 10.5 Å². The number of thiophene rings is 1. The third kappa shape index (κ3) is 4.41. The number of hydrogen-bond donors (Lipinski definition) is 2. The Morgan fingerprint density at radius 3 is 2.90 bits per heavy atom. The van der Waals surface area contributed by atoms with E-state index in [1.807, 2.05) is 13.8 Å². The molecule has 1 aliphatic rings. The van der Waals surface area contributed by atoms with Crippen LogP contribution in [0.3, 0.4) is 0 Å². The van der Waals surface area contributed by atoms with Crippen molar-refractivity contribution in [2.24, 2.45) is 5.14 Å². The Balaban J connectivity index is 2.19. The summed E-state index contributed by atoms with van der Waals surface area (Å²) < 4.78 is 31.9. The highest BCUT2D eigenvalue weighted by molar-refractivity contribution is 7.99. The van der Waals surface area contributed by atoms with Gasteiger partial charge in [0.2, 0.25) is 10.0 Å². The topological polar surface area (TPSA) is 84.7 Å². The molecular weight excluding hydrogens is 330 g/mol. The molecule has 120 valence electrons. The summed E-state index contributed by atoms with van der Waals surface area (Å²) in [5.41, 5.74) is 1.03. The van der Waals surface area contributed by atoms with Crippen molar-refractivity contribution < 1.29 is 13.2 Å². The highest BCUT2D eigenvalue weighted by Crippen LogP contribution is 2.43. The average molecular weight is 352 g/mol. The van der Waals surface area contributed by atoms with Crippen molar-refractivity contribution in [2.45, 2.75) is 28.3 Å². The van der Waals surface area contributed by atoms with Crippen LogP contribution in [-0.2, 0) is 14.8 Å². The van der Waals surface area contributed by atoms with E-state index < -0.39 is 10.0 Å². The van der Waals surface area contributed by atoms with Crippen molar-refractivity contribution >= 4 is 33.3 Å². The smallest absolute Gasteiger partial charge is 0.247 e. The molecule has 0 radical (unpaired) electrons. The van der Waals surface area contributed by atoms with Gasteiger partial charge in [-0.15, -0.1) is 11.3 Å². The fourth-order valence-electron chi connectivity index (χ4n) is 2.15. The Bertz CT molecular complexity index is 574. The van der Waals surface area contributed by atoms with Crippen molar-refractivity contribution in [1.29, 1.82) is 0 Å². The maximum absolute atomic E-state index is 11.5.